The van der Waals surface area contributed by atoms with Crippen molar-refractivity contribution in [2.75, 3.05) is 23.3 Å². The van der Waals surface area contributed by atoms with Gasteiger partial charge in [0.15, 0.2) is 17.3 Å². The molecule has 3 aromatic rings. The van der Waals surface area contributed by atoms with E-state index >= 15 is 0 Å². The van der Waals surface area contributed by atoms with Crippen molar-refractivity contribution < 1.29 is 22.7 Å². The van der Waals surface area contributed by atoms with E-state index < -0.39 is 15.9 Å². The number of hydrogen-bond acceptors (Lipinski definition) is 6. The van der Waals surface area contributed by atoms with Gasteiger partial charge in [0.25, 0.3) is 15.9 Å². The molecule has 0 spiro atoms. The van der Waals surface area contributed by atoms with E-state index in [4.69, 9.17) is 9.47 Å². The van der Waals surface area contributed by atoms with Crippen molar-refractivity contribution in [2.45, 2.75) is 11.3 Å². The molecular formula is C20H20N4O5S. The maximum Gasteiger partial charge on any atom is 0.262 e. The number of carbonyl (C=O) groups is 1. The quantitative estimate of drug-likeness (QED) is 0.646. The fourth-order valence-electron chi connectivity index (χ4n) is 2.92. The zero-order valence-corrected chi connectivity index (χ0v) is 17.0. The van der Waals surface area contributed by atoms with Crippen molar-refractivity contribution in [2.24, 2.45) is 7.05 Å². The van der Waals surface area contributed by atoms with Crippen LogP contribution in [0.5, 0.6) is 11.5 Å². The molecule has 0 aliphatic carbocycles. The van der Waals surface area contributed by atoms with Crippen LogP contribution in [0.15, 0.2) is 59.6 Å². The third-order valence-electron chi connectivity index (χ3n) is 4.36. The Labute approximate surface area is 173 Å². The minimum atomic E-state index is -3.89. The third kappa shape index (κ3) is 4.38. The first kappa shape index (κ1) is 19.8. The smallest absolute Gasteiger partial charge is 0.262 e. The lowest BCUT2D eigenvalue weighted by atomic mass is 10.2. The number of carbonyl (C=O) groups excluding carboxylic acids is 1. The molecule has 1 amide bonds. The molecule has 1 aliphatic heterocycles. The molecule has 0 saturated carbocycles. The standard InChI is InChI=1S/C20H20N4O5S/c1-24-9-8-19(22-24)21-20(25)14-4-2-5-15(12-14)23-30(26,27)16-6-7-17-18(13-16)29-11-3-10-28-17/h2,4-9,12-13,23H,3,10-11H2,1H3,(H,21,22,25). The number of benzene rings is 2. The van der Waals surface area contributed by atoms with Gasteiger partial charge in [0.1, 0.15) is 0 Å². The SMILES string of the molecule is Cn1ccc(NC(=O)c2cccc(NS(=O)(=O)c3ccc4c(c3)OCCCO4)c2)n1. The average molecular weight is 428 g/mol. The molecule has 2 heterocycles. The predicted octanol–water partition coefficient (Wildman–Crippen LogP) is 2.63. The highest BCUT2D eigenvalue weighted by molar-refractivity contribution is 7.92. The second-order valence-electron chi connectivity index (χ2n) is 6.67. The fraction of sp³-hybridized carbons (Fsp3) is 0.200. The molecule has 1 aromatic heterocycles. The van der Waals surface area contributed by atoms with E-state index in [1.807, 2.05) is 0 Å². The van der Waals surface area contributed by atoms with E-state index in [1.54, 1.807) is 48.3 Å². The van der Waals surface area contributed by atoms with Gasteiger partial charge >= 0.3 is 0 Å². The molecule has 0 bridgehead atoms. The largest absolute Gasteiger partial charge is 0.490 e. The number of anilines is 2. The van der Waals surface area contributed by atoms with Crippen molar-refractivity contribution >= 4 is 27.4 Å². The molecule has 30 heavy (non-hydrogen) atoms. The summed E-state index contributed by atoms with van der Waals surface area (Å²) in [6.07, 6.45) is 2.43. The van der Waals surface area contributed by atoms with Crippen molar-refractivity contribution in [3.63, 3.8) is 0 Å². The van der Waals surface area contributed by atoms with Crippen LogP contribution in [-0.2, 0) is 17.1 Å². The first-order chi connectivity index (χ1) is 14.4. The molecule has 0 saturated heterocycles. The van der Waals surface area contributed by atoms with Crippen molar-refractivity contribution in [3.05, 3.63) is 60.3 Å². The number of rotatable bonds is 5. The molecule has 0 fully saturated rings. The average Bonchev–Trinajstić information content (AvgIpc) is 2.98. The highest BCUT2D eigenvalue weighted by atomic mass is 32.2. The number of ether oxygens (including phenoxy) is 2. The summed E-state index contributed by atoms with van der Waals surface area (Å²) in [6.45, 7) is 0.974. The first-order valence-corrected chi connectivity index (χ1v) is 10.7. The van der Waals surface area contributed by atoms with E-state index in [0.717, 1.165) is 6.42 Å². The fourth-order valence-corrected chi connectivity index (χ4v) is 3.98. The van der Waals surface area contributed by atoms with Gasteiger partial charge in [0.2, 0.25) is 0 Å². The van der Waals surface area contributed by atoms with Crippen LogP contribution in [-0.4, -0.2) is 37.3 Å². The van der Waals surface area contributed by atoms with Gasteiger partial charge in [0.05, 0.1) is 18.1 Å². The number of amides is 1. The van der Waals surface area contributed by atoms with Gasteiger partial charge in [-0.3, -0.25) is 14.2 Å². The summed E-state index contributed by atoms with van der Waals surface area (Å²) in [4.78, 5) is 12.5. The maximum absolute atomic E-state index is 12.8. The Kier molecular flexibility index (Phi) is 5.32. The number of nitrogens with zero attached hydrogens (tertiary/aromatic N) is 2. The van der Waals surface area contributed by atoms with Crippen LogP contribution < -0.4 is 19.5 Å². The van der Waals surface area contributed by atoms with Crippen LogP contribution in [0.4, 0.5) is 11.5 Å². The Bertz CT molecular complexity index is 1190. The molecule has 1 aliphatic rings. The maximum atomic E-state index is 12.8. The van der Waals surface area contributed by atoms with E-state index in [1.165, 1.54) is 18.2 Å². The molecular weight excluding hydrogens is 408 g/mol. The minimum Gasteiger partial charge on any atom is -0.490 e. The van der Waals surface area contributed by atoms with Crippen molar-refractivity contribution in [1.29, 1.82) is 0 Å². The zero-order valence-electron chi connectivity index (χ0n) is 16.2. The number of fused-ring (bicyclic) bond motifs is 1. The Morgan fingerprint density at radius 2 is 1.87 bits per heavy atom. The van der Waals surface area contributed by atoms with Gasteiger partial charge < -0.3 is 14.8 Å². The lowest BCUT2D eigenvalue weighted by Crippen LogP contribution is -2.15. The number of hydrogen-bond donors (Lipinski definition) is 2. The van der Waals surface area contributed by atoms with Gasteiger partial charge in [-0.2, -0.15) is 5.10 Å². The number of aromatic nitrogens is 2. The summed E-state index contributed by atoms with van der Waals surface area (Å²) in [6, 6.07) is 12.3. The summed E-state index contributed by atoms with van der Waals surface area (Å²) < 4.78 is 40.8. The van der Waals surface area contributed by atoms with E-state index in [-0.39, 0.29) is 10.6 Å². The zero-order chi connectivity index (χ0) is 21.1. The summed E-state index contributed by atoms with van der Waals surface area (Å²) in [5, 5.41) is 6.75. The Balaban J connectivity index is 1.53. The van der Waals surface area contributed by atoms with Crippen LogP contribution in [0.25, 0.3) is 0 Å². The Morgan fingerprint density at radius 3 is 2.63 bits per heavy atom. The molecule has 4 rings (SSSR count). The minimum absolute atomic E-state index is 0.0371. The summed E-state index contributed by atoms with van der Waals surface area (Å²) in [7, 11) is -2.15. The highest BCUT2D eigenvalue weighted by Gasteiger charge is 2.19. The normalized spacial score (nSPS) is 13.4. The van der Waals surface area contributed by atoms with Crippen LogP contribution >= 0.6 is 0 Å². The van der Waals surface area contributed by atoms with Crippen LogP contribution in [0.1, 0.15) is 16.8 Å². The van der Waals surface area contributed by atoms with E-state index in [2.05, 4.69) is 15.1 Å². The number of sulfonamides is 1. The van der Waals surface area contributed by atoms with Crippen LogP contribution in [0.2, 0.25) is 0 Å². The predicted molar refractivity (Wildman–Crippen MR) is 110 cm³/mol. The molecule has 0 radical (unpaired) electrons. The first-order valence-electron chi connectivity index (χ1n) is 9.24. The molecule has 0 unspecified atom stereocenters. The molecule has 156 valence electrons. The molecule has 2 N–H and O–H groups in total. The lowest BCUT2D eigenvalue weighted by molar-refractivity contribution is 0.102. The van der Waals surface area contributed by atoms with Crippen molar-refractivity contribution in [1.82, 2.24) is 9.78 Å². The van der Waals surface area contributed by atoms with Gasteiger partial charge in [-0.25, -0.2) is 8.42 Å². The molecule has 2 aromatic carbocycles. The topological polar surface area (TPSA) is 112 Å². The van der Waals surface area contributed by atoms with Crippen molar-refractivity contribution in [3.8, 4) is 11.5 Å². The second-order valence-corrected chi connectivity index (χ2v) is 8.36. The summed E-state index contributed by atoms with van der Waals surface area (Å²) in [5.41, 5.74) is 0.551. The summed E-state index contributed by atoms with van der Waals surface area (Å²) in [5.74, 6) is 0.907. The monoisotopic (exact) mass is 428 g/mol. The molecule has 9 nitrogen and oxygen atoms in total. The second kappa shape index (κ2) is 8.07. The highest BCUT2D eigenvalue weighted by Crippen LogP contribution is 2.32. The number of aryl methyl sites for hydroxylation is 1. The van der Waals surface area contributed by atoms with Crippen LogP contribution in [0, 0.1) is 0 Å². The van der Waals surface area contributed by atoms with E-state index in [0.29, 0.717) is 36.1 Å². The van der Waals surface area contributed by atoms with Gasteiger partial charge in [-0.05, 0) is 30.3 Å². The van der Waals surface area contributed by atoms with Gasteiger partial charge in [-0.15, -0.1) is 0 Å². The third-order valence-corrected chi connectivity index (χ3v) is 5.74. The molecule has 0 atom stereocenters. The van der Waals surface area contributed by atoms with Gasteiger partial charge in [0, 0.05) is 43.0 Å². The van der Waals surface area contributed by atoms with Gasteiger partial charge in [-0.1, -0.05) is 6.07 Å². The van der Waals surface area contributed by atoms with E-state index in [9.17, 15) is 13.2 Å². The number of nitrogens with one attached hydrogen (secondary N) is 2. The Hall–Kier alpha value is -3.53. The lowest BCUT2D eigenvalue weighted by Gasteiger charge is -2.12. The summed E-state index contributed by atoms with van der Waals surface area (Å²) >= 11 is 0. The Morgan fingerprint density at radius 1 is 1.07 bits per heavy atom. The molecule has 10 heteroatoms. The van der Waals surface area contributed by atoms with Crippen LogP contribution in [0.3, 0.4) is 0 Å².